The van der Waals surface area contributed by atoms with E-state index in [0.29, 0.717) is 6.54 Å². The lowest BCUT2D eigenvalue weighted by Gasteiger charge is -2.17. The highest BCUT2D eigenvalue weighted by Gasteiger charge is 2.36. The van der Waals surface area contributed by atoms with E-state index in [2.05, 4.69) is 5.32 Å². The molecule has 4 nitrogen and oxygen atoms in total. The summed E-state index contributed by atoms with van der Waals surface area (Å²) in [6.07, 6.45) is 0. The Balaban J connectivity index is 2.30. The van der Waals surface area contributed by atoms with Crippen LogP contribution in [-0.4, -0.2) is 18.4 Å². The van der Waals surface area contributed by atoms with Gasteiger partial charge >= 0.3 is 0 Å². The minimum Gasteiger partial charge on any atom is -0.549 e. The molecule has 0 spiro atoms. The van der Waals surface area contributed by atoms with E-state index in [1.165, 1.54) is 0 Å². The topological polar surface area (TPSA) is 69.2 Å². The number of hydrogen-bond donors (Lipinski definition) is 1. The first-order valence-corrected chi connectivity index (χ1v) is 4.73. The molecule has 1 N–H and O–H groups in total. The van der Waals surface area contributed by atoms with Crippen LogP contribution in [0.1, 0.15) is 11.5 Å². The third-order valence-electron chi connectivity index (χ3n) is 2.66. The number of carbonyl (C=O) groups is 2. The zero-order chi connectivity index (χ0) is 10.8. The maximum atomic E-state index is 11.3. The first kappa shape index (κ1) is 9.71. The van der Waals surface area contributed by atoms with E-state index in [1.54, 1.807) is 0 Å². The molecule has 15 heavy (non-hydrogen) atoms. The second kappa shape index (κ2) is 3.73. The van der Waals surface area contributed by atoms with Gasteiger partial charge in [0.05, 0.1) is 11.9 Å². The SMILES string of the molecule is O=C([O-])[C@H]1C(=O)NC[C@@H]1c1ccccc1. The van der Waals surface area contributed by atoms with Crippen LogP contribution in [0.3, 0.4) is 0 Å². The molecule has 0 aromatic heterocycles. The molecule has 1 aliphatic heterocycles. The van der Waals surface area contributed by atoms with Crippen LogP contribution in [0.25, 0.3) is 0 Å². The Morgan fingerprint density at radius 3 is 2.60 bits per heavy atom. The Morgan fingerprint density at radius 1 is 1.33 bits per heavy atom. The first-order chi connectivity index (χ1) is 7.20. The molecule has 1 aliphatic rings. The average molecular weight is 204 g/mol. The van der Waals surface area contributed by atoms with Crippen molar-refractivity contribution in [3.05, 3.63) is 35.9 Å². The summed E-state index contributed by atoms with van der Waals surface area (Å²) in [4.78, 5) is 22.1. The molecule has 1 aromatic carbocycles. The molecule has 1 amide bonds. The summed E-state index contributed by atoms with van der Waals surface area (Å²) in [5.41, 5.74) is 0.852. The molecule has 1 saturated heterocycles. The zero-order valence-electron chi connectivity index (χ0n) is 7.97. The zero-order valence-corrected chi connectivity index (χ0v) is 7.97. The quantitative estimate of drug-likeness (QED) is 0.645. The minimum absolute atomic E-state index is 0.316. The lowest BCUT2D eigenvalue weighted by molar-refractivity contribution is -0.310. The van der Waals surface area contributed by atoms with Crippen LogP contribution in [-0.2, 0) is 9.59 Å². The summed E-state index contributed by atoms with van der Waals surface area (Å²) < 4.78 is 0. The Morgan fingerprint density at radius 2 is 2.00 bits per heavy atom. The Hall–Kier alpha value is -1.84. The number of nitrogens with one attached hydrogen (secondary N) is 1. The van der Waals surface area contributed by atoms with Crippen molar-refractivity contribution in [1.82, 2.24) is 5.32 Å². The average Bonchev–Trinajstić information content (AvgIpc) is 2.61. The number of rotatable bonds is 2. The van der Waals surface area contributed by atoms with Gasteiger partial charge in [0.2, 0.25) is 5.91 Å². The van der Waals surface area contributed by atoms with Gasteiger partial charge in [-0.3, -0.25) is 4.79 Å². The first-order valence-electron chi connectivity index (χ1n) is 4.73. The lowest BCUT2D eigenvalue weighted by Crippen LogP contribution is -2.38. The van der Waals surface area contributed by atoms with Crippen molar-refractivity contribution in [3.63, 3.8) is 0 Å². The van der Waals surface area contributed by atoms with Gasteiger partial charge in [0.15, 0.2) is 0 Å². The third kappa shape index (κ3) is 1.70. The van der Waals surface area contributed by atoms with Gasteiger partial charge in [-0.2, -0.15) is 0 Å². The van der Waals surface area contributed by atoms with Crippen LogP contribution < -0.4 is 10.4 Å². The smallest absolute Gasteiger partial charge is 0.229 e. The predicted octanol–water partition coefficient (Wildman–Crippen LogP) is -0.734. The summed E-state index contributed by atoms with van der Waals surface area (Å²) in [7, 11) is 0. The van der Waals surface area contributed by atoms with Crippen molar-refractivity contribution >= 4 is 11.9 Å². The van der Waals surface area contributed by atoms with E-state index in [9.17, 15) is 14.7 Å². The van der Waals surface area contributed by atoms with E-state index >= 15 is 0 Å². The Bertz CT molecular complexity index is 388. The number of carboxylic acids is 1. The molecule has 1 heterocycles. The van der Waals surface area contributed by atoms with Crippen LogP contribution in [0.4, 0.5) is 0 Å². The molecular weight excluding hydrogens is 194 g/mol. The fourth-order valence-corrected chi connectivity index (χ4v) is 1.90. The Labute approximate surface area is 86.9 Å². The van der Waals surface area contributed by atoms with Crippen molar-refractivity contribution in [3.8, 4) is 0 Å². The molecule has 0 saturated carbocycles. The van der Waals surface area contributed by atoms with E-state index in [0.717, 1.165) is 5.56 Å². The summed E-state index contributed by atoms with van der Waals surface area (Å²) in [5.74, 6) is -3.14. The van der Waals surface area contributed by atoms with Gasteiger partial charge in [0, 0.05) is 12.5 Å². The Kier molecular flexibility index (Phi) is 2.41. The number of carboxylic acid groups (broad SMARTS) is 1. The number of aliphatic carboxylic acids is 1. The second-order valence-electron chi connectivity index (χ2n) is 3.56. The highest BCUT2D eigenvalue weighted by atomic mass is 16.4. The van der Waals surface area contributed by atoms with Gasteiger partial charge in [-0.25, -0.2) is 0 Å². The highest BCUT2D eigenvalue weighted by molar-refractivity contribution is 5.99. The van der Waals surface area contributed by atoms with Crippen molar-refractivity contribution in [2.45, 2.75) is 5.92 Å². The lowest BCUT2D eigenvalue weighted by atomic mass is 9.89. The van der Waals surface area contributed by atoms with Gasteiger partial charge in [0.1, 0.15) is 0 Å². The van der Waals surface area contributed by atoms with Crippen molar-refractivity contribution in [1.29, 1.82) is 0 Å². The summed E-state index contributed by atoms with van der Waals surface area (Å²) >= 11 is 0. The normalized spacial score (nSPS) is 24.9. The monoisotopic (exact) mass is 204 g/mol. The molecule has 78 valence electrons. The summed E-state index contributed by atoms with van der Waals surface area (Å²) in [6, 6.07) is 9.14. The molecule has 4 heteroatoms. The summed E-state index contributed by atoms with van der Waals surface area (Å²) in [5, 5.41) is 13.4. The maximum Gasteiger partial charge on any atom is 0.229 e. The maximum absolute atomic E-state index is 11.3. The van der Waals surface area contributed by atoms with Gasteiger partial charge < -0.3 is 15.2 Å². The predicted molar refractivity (Wildman–Crippen MR) is 50.7 cm³/mol. The number of benzene rings is 1. The van der Waals surface area contributed by atoms with Crippen molar-refractivity contribution in [2.75, 3.05) is 6.54 Å². The molecule has 1 fully saturated rings. The van der Waals surface area contributed by atoms with Crippen LogP contribution in [0.5, 0.6) is 0 Å². The van der Waals surface area contributed by atoms with Gasteiger partial charge in [0.25, 0.3) is 0 Å². The van der Waals surface area contributed by atoms with E-state index in [4.69, 9.17) is 0 Å². The molecule has 2 rings (SSSR count). The van der Waals surface area contributed by atoms with Crippen molar-refractivity contribution < 1.29 is 14.7 Å². The number of carbonyl (C=O) groups excluding carboxylic acids is 2. The molecule has 0 bridgehead atoms. The van der Waals surface area contributed by atoms with E-state index in [-0.39, 0.29) is 5.92 Å². The molecule has 1 aromatic rings. The van der Waals surface area contributed by atoms with E-state index in [1.807, 2.05) is 30.3 Å². The molecular formula is C11H10NO3-. The standard InChI is InChI=1S/C11H11NO3/c13-10-9(11(14)15)8(6-12-10)7-4-2-1-3-5-7/h1-5,8-9H,6H2,(H,12,13)(H,14,15)/p-1/t8-,9-/m1/s1. The number of amides is 1. The van der Waals surface area contributed by atoms with Crippen LogP contribution in [0.15, 0.2) is 30.3 Å². The van der Waals surface area contributed by atoms with E-state index < -0.39 is 17.8 Å². The van der Waals surface area contributed by atoms with Crippen LogP contribution >= 0.6 is 0 Å². The largest absolute Gasteiger partial charge is 0.549 e. The van der Waals surface area contributed by atoms with Crippen LogP contribution in [0, 0.1) is 5.92 Å². The minimum atomic E-state index is -1.31. The fourth-order valence-electron chi connectivity index (χ4n) is 1.90. The fraction of sp³-hybridized carbons (Fsp3) is 0.273. The van der Waals surface area contributed by atoms with Crippen LogP contribution in [0.2, 0.25) is 0 Å². The molecule has 2 atom stereocenters. The summed E-state index contributed by atoms with van der Waals surface area (Å²) in [6.45, 7) is 0.363. The number of hydrogen-bond acceptors (Lipinski definition) is 3. The molecule has 0 unspecified atom stereocenters. The van der Waals surface area contributed by atoms with Gasteiger partial charge in [-0.05, 0) is 5.56 Å². The highest BCUT2D eigenvalue weighted by Crippen LogP contribution is 2.28. The van der Waals surface area contributed by atoms with Crippen molar-refractivity contribution in [2.24, 2.45) is 5.92 Å². The molecule has 0 radical (unpaired) electrons. The van der Waals surface area contributed by atoms with Gasteiger partial charge in [-0.15, -0.1) is 0 Å². The molecule has 0 aliphatic carbocycles. The third-order valence-corrected chi connectivity index (χ3v) is 2.66. The van der Waals surface area contributed by atoms with Gasteiger partial charge in [-0.1, -0.05) is 30.3 Å². The second-order valence-corrected chi connectivity index (χ2v) is 3.56.